The first-order chi connectivity index (χ1) is 21.8. The Morgan fingerprint density at radius 3 is 1.89 bits per heavy atom. The third-order valence-corrected chi connectivity index (χ3v) is 11.0. The fourth-order valence-corrected chi connectivity index (χ4v) is 9.09. The molecule has 2 heterocycles. The van der Waals surface area contributed by atoms with Crippen molar-refractivity contribution in [1.82, 2.24) is 4.57 Å². The lowest BCUT2D eigenvalue weighted by Gasteiger charge is -2.19. The second-order valence-electron chi connectivity index (χ2n) is 12.0. The molecule has 0 aliphatic heterocycles. The molecule has 0 fully saturated rings. The van der Waals surface area contributed by atoms with Crippen LogP contribution >= 0.6 is 11.3 Å². The number of hydrogen-bond donors (Lipinski definition) is 0. The summed E-state index contributed by atoms with van der Waals surface area (Å²) < 4.78 is 3.84. The van der Waals surface area contributed by atoms with E-state index < -0.39 is 0 Å². The Morgan fingerprint density at radius 1 is 0.500 bits per heavy atom. The molecule has 9 aromatic rings. The van der Waals surface area contributed by atoms with E-state index in [0.717, 1.165) is 6.42 Å². The third kappa shape index (κ3) is 3.35. The van der Waals surface area contributed by atoms with E-state index in [9.17, 15) is 0 Å². The fourth-order valence-electron chi connectivity index (χ4n) is 7.75. The summed E-state index contributed by atoms with van der Waals surface area (Å²) in [6.07, 6.45) is 5.74. The van der Waals surface area contributed by atoms with Crippen molar-refractivity contribution in [3.05, 3.63) is 156 Å². The van der Waals surface area contributed by atoms with E-state index in [1.54, 1.807) is 0 Å². The fraction of sp³-hybridized carbons (Fsp3) is 0.0476. The Kier molecular flexibility index (Phi) is 5.05. The van der Waals surface area contributed by atoms with Gasteiger partial charge in [0.1, 0.15) is 0 Å². The molecule has 1 atom stereocenters. The van der Waals surface area contributed by atoms with Crippen LogP contribution in [0.3, 0.4) is 0 Å². The largest absolute Gasteiger partial charge is 0.309 e. The number of para-hydroxylation sites is 1. The summed E-state index contributed by atoms with van der Waals surface area (Å²) >= 11 is 1.96. The Morgan fingerprint density at radius 2 is 1.11 bits per heavy atom. The van der Waals surface area contributed by atoms with E-state index in [0.29, 0.717) is 5.92 Å². The molecule has 0 spiro atoms. The van der Waals surface area contributed by atoms with Crippen molar-refractivity contribution in [3.8, 4) is 5.69 Å². The van der Waals surface area contributed by atoms with E-state index >= 15 is 0 Å². The van der Waals surface area contributed by atoms with Crippen LogP contribution in [0.4, 0.5) is 0 Å². The van der Waals surface area contributed by atoms with Gasteiger partial charge in [-0.15, -0.1) is 11.3 Å². The van der Waals surface area contributed by atoms with Crippen molar-refractivity contribution in [2.75, 3.05) is 0 Å². The van der Waals surface area contributed by atoms with Gasteiger partial charge in [0.05, 0.1) is 11.0 Å². The van der Waals surface area contributed by atoms with Crippen molar-refractivity contribution >= 4 is 81.6 Å². The minimum atomic E-state index is 0.374. The molecule has 1 aliphatic rings. The normalized spacial score (nSPS) is 14.9. The maximum absolute atomic E-state index is 2.47. The van der Waals surface area contributed by atoms with Gasteiger partial charge < -0.3 is 4.57 Å². The molecular formula is C42H27NS. The van der Waals surface area contributed by atoms with Crippen LogP contribution in [0, 0.1) is 0 Å². The maximum Gasteiger partial charge on any atom is 0.0541 e. The van der Waals surface area contributed by atoms with E-state index in [4.69, 9.17) is 0 Å². The van der Waals surface area contributed by atoms with Crippen LogP contribution in [0.25, 0.3) is 76.0 Å². The van der Waals surface area contributed by atoms with Gasteiger partial charge in [-0.25, -0.2) is 0 Å². The van der Waals surface area contributed by atoms with Gasteiger partial charge in [-0.2, -0.15) is 0 Å². The lowest BCUT2D eigenvalue weighted by atomic mass is 9.87. The average Bonchev–Trinajstić information content (AvgIpc) is 3.64. The smallest absolute Gasteiger partial charge is 0.0541 e. The third-order valence-electron chi connectivity index (χ3n) is 9.72. The number of nitrogens with zero attached hydrogens (tertiary/aromatic N) is 1. The molecule has 0 bridgehead atoms. The zero-order valence-electron chi connectivity index (χ0n) is 24.0. The van der Waals surface area contributed by atoms with Gasteiger partial charge in [0.25, 0.3) is 0 Å². The zero-order chi connectivity index (χ0) is 28.8. The van der Waals surface area contributed by atoms with E-state index in [2.05, 4.69) is 150 Å². The Bertz CT molecular complexity index is 2610. The summed E-state index contributed by atoms with van der Waals surface area (Å²) in [6, 6.07) is 49.6. The number of aromatic nitrogens is 1. The second-order valence-corrected chi connectivity index (χ2v) is 13.1. The molecule has 0 amide bonds. The van der Waals surface area contributed by atoms with Crippen molar-refractivity contribution in [2.45, 2.75) is 12.3 Å². The Hall–Kier alpha value is -5.18. The number of hydrogen-bond acceptors (Lipinski definition) is 1. The lowest BCUT2D eigenvalue weighted by molar-refractivity contribution is 0.841. The van der Waals surface area contributed by atoms with Crippen LogP contribution in [-0.2, 0) is 0 Å². The number of fused-ring (bicyclic) bond motifs is 12. The molecule has 2 heteroatoms. The molecule has 7 aromatic carbocycles. The highest BCUT2D eigenvalue weighted by Crippen LogP contribution is 2.45. The second kappa shape index (κ2) is 9.16. The van der Waals surface area contributed by atoms with Gasteiger partial charge in [0, 0.05) is 32.0 Å². The van der Waals surface area contributed by atoms with Crippen LogP contribution < -0.4 is 0 Å². The summed E-state index contributed by atoms with van der Waals surface area (Å²) in [5.74, 6) is 0.374. The predicted octanol–water partition coefficient (Wildman–Crippen LogP) is 12.0. The van der Waals surface area contributed by atoms with Crippen molar-refractivity contribution < 1.29 is 0 Å². The first-order valence-corrected chi connectivity index (χ1v) is 16.2. The molecular weight excluding hydrogens is 551 g/mol. The van der Waals surface area contributed by atoms with Crippen LogP contribution in [0.2, 0.25) is 0 Å². The van der Waals surface area contributed by atoms with Gasteiger partial charge >= 0.3 is 0 Å². The average molecular weight is 578 g/mol. The van der Waals surface area contributed by atoms with Crippen LogP contribution in [0.15, 0.2) is 140 Å². The quantitative estimate of drug-likeness (QED) is 0.180. The highest BCUT2D eigenvalue weighted by molar-refractivity contribution is 7.19. The first kappa shape index (κ1) is 24.3. The Labute approximate surface area is 258 Å². The number of rotatable bonds is 2. The molecule has 1 aliphatic carbocycles. The summed E-state index contributed by atoms with van der Waals surface area (Å²) in [4.78, 5) is 1.49. The van der Waals surface area contributed by atoms with E-state index in [-0.39, 0.29) is 0 Å². The number of benzene rings is 7. The summed E-state index contributed by atoms with van der Waals surface area (Å²) in [5.41, 5.74) is 6.50. The minimum Gasteiger partial charge on any atom is -0.309 e. The molecule has 1 unspecified atom stereocenters. The zero-order valence-corrected chi connectivity index (χ0v) is 24.8. The number of thiophene rings is 1. The van der Waals surface area contributed by atoms with Gasteiger partial charge in [-0.1, -0.05) is 109 Å². The monoisotopic (exact) mass is 577 g/mol. The topological polar surface area (TPSA) is 4.93 Å². The highest BCUT2D eigenvalue weighted by Gasteiger charge is 2.24. The molecule has 0 saturated carbocycles. The molecule has 0 saturated heterocycles. The first-order valence-electron chi connectivity index (χ1n) is 15.4. The van der Waals surface area contributed by atoms with Gasteiger partial charge in [0.15, 0.2) is 0 Å². The maximum atomic E-state index is 2.47. The molecule has 2 aromatic heterocycles. The van der Waals surface area contributed by atoms with Gasteiger partial charge in [-0.05, 0) is 91.6 Å². The summed E-state index contributed by atoms with van der Waals surface area (Å²) in [7, 11) is 0. The summed E-state index contributed by atoms with van der Waals surface area (Å²) in [6.45, 7) is 0. The van der Waals surface area contributed by atoms with Crippen LogP contribution in [-0.4, -0.2) is 4.57 Å². The van der Waals surface area contributed by atoms with E-state index in [1.807, 2.05) is 11.3 Å². The van der Waals surface area contributed by atoms with Crippen molar-refractivity contribution in [2.24, 2.45) is 0 Å². The molecule has 1 nitrogen and oxygen atoms in total. The Balaban J connectivity index is 1.21. The number of allylic oxidation sites excluding steroid dienone is 1. The van der Waals surface area contributed by atoms with Gasteiger partial charge in [0.2, 0.25) is 0 Å². The molecule has 206 valence electrons. The van der Waals surface area contributed by atoms with Gasteiger partial charge in [-0.3, -0.25) is 0 Å². The minimum absolute atomic E-state index is 0.374. The standard InChI is InChI=1S/C42H27NS/c1-2-12-31-29(10-1)30-11-3-4-13-32(30)37-25-27(21-22-33(31)37)43-39-18-7-5-14-34(39)38-24-26(20-23-40(38)43)28-16-9-17-36-35-15-6-8-19-41(35)44-42(28)36/h1-15,17-25,28H,16H2. The molecule has 0 radical (unpaired) electrons. The van der Waals surface area contributed by atoms with Crippen molar-refractivity contribution in [1.29, 1.82) is 0 Å². The van der Waals surface area contributed by atoms with Crippen LogP contribution in [0.5, 0.6) is 0 Å². The lowest BCUT2D eigenvalue weighted by Crippen LogP contribution is -2.03. The molecule has 0 N–H and O–H groups in total. The van der Waals surface area contributed by atoms with Crippen molar-refractivity contribution in [3.63, 3.8) is 0 Å². The predicted molar refractivity (Wildman–Crippen MR) is 191 cm³/mol. The highest BCUT2D eigenvalue weighted by atomic mass is 32.1. The molecule has 10 rings (SSSR count). The van der Waals surface area contributed by atoms with E-state index in [1.165, 1.54) is 85.9 Å². The SMILES string of the molecule is C1=Cc2c(sc3ccccc23)C(c2ccc3c(c2)c2ccccc2n3-c2ccc3c4ccccc4c4ccccc4c3c2)C1. The molecule has 44 heavy (non-hydrogen) atoms. The van der Waals surface area contributed by atoms with Crippen LogP contribution in [0.1, 0.15) is 28.3 Å². The summed E-state index contributed by atoms with van der Waals surface area (Å²) in [5, 5.41) is 11.8.